The molecule has 66 valence electrons. The molecule has 0 fully saturated rings. The predicted octanol–water partition coefficient (Wildman–Crippen LogP) is -0.663. The first-order valence-corrected chi connectivity index (χ1v) is 3.33. The largest absolute Gasteiger partial charge is 0.502 e. The van der Waals surface area contributed by atoms with Gasteiger partial charge < -0.3 is 20.4 Å². The van der Waals surface area contributed by atoms with Gasteiger partial charge in [-0.25, -0.2) is 0 Å². The van der Waals surface area contributed by atoms with Crippen molar-refractivity contribution < 1.29 is 14.6 Å². The van der Waals surface area contributed by atoms with E-state index >= 15 is 0 Å². The van der Waals surface area contributed by atoms with Crippen molar-refractivity contribution in [2.45, 2.75) is 6.04 Å². The monoisotopic (exact) mass is 171 g/mol. The molecule has 1 heterocycles. The maximum Gasteiger partial charge on any atom is 0.226 e. The van der Waals surface area contributed by atoms with Crippen LogP contribution in [0.3, 0.4) is 0 Å². The van der Waals surface area contributed by atoms with Gasteiger partial charge in [0.25, 0.3) is 0 Å². The summed E-state index contributed by atoms with van der Waals surface area (Å²) < 4.78 is 4.76. The molecular formula is C7H9NO4. The highest BCUT2D eigenvalue weighted by molar-refractivity contribution is 5.16. The van der Waals surface area contributed by atoms with Crippen LogP contribution in [0.1, 0.15) is 11.8 Å². The summed E-state index contributed by atoms with van der Waals surface area (Å²) in [6, 6.07) is 0.328. The van der Waals surface area contributed by atoms with Gasteiger partial charge in [0.05, 0.1) is 12.6 Å². The molecule has 4 N–H and O–H groups in total. The number of nitrogens with two attached hydrogens (primary N) is 1. The van der Waals surface area contributed by atoms with Gasteiger partial charge in [-0.15, -0.1) is 0 Å². The van der Waals surface area contributed by atoms with Crippen LogP contribution in [0.2, 0.25) is 0 Å². The Balaban J connectivity index is 3.05. The second kappa shape index (κ2) is 3.38. The molecule has 0 aromatic carbocycles. The van der Waals surface area contributed by atoms with Crippen molar-refractivity contribution in [3.05, 3.63) is 28.3 Å². The molecule has 12 heavy (non-hydrogen) atoms. The van der Waals surface area contributed by atoms with E-state index in [1.54, 1.807) is 0 Å². The van der Waals surface area contributed by atoms with Crippen LogP contribution in [-0.2, 0) is 0 Å². The average Bonchev–Trinajstić information content (AvgIpc) is 2.08. The third-order valence-corrected chi connectivity index (χ3v) is 1.39. The smallest absolute Gasteiger partial charge is 0.226 e. The van der Waals surface area contributed by atoms with Crippen molar-refractivity contribution in [3.63, 3.8) is 0 Å². The van der Waals surface area contributed by atoms with Crippen molar-refractivity contribution >= 4 is 0 Å². The summed E-state index contributed by atoms with van der Waals surface area (Å²) in [5, 5.41) is 17.4. The maximum absolute atomic E-state index is 10.8. The van der Waals surface area contributed by atoms with E-state index in [1.165, 1.54) is 0 Å². The Morgan fingerprint density at radius 1 is 1.67 bits per heavy atom. The van der Waals surface area contributed by atoms with Gasteiger partial charge in [0.2, 0.25) is 5.43 Å². The molecule has 1 unspecified atom stereocenters. The lowest BCUT2D eigenvalue weighted by Crippen LogP contribution is -2.16. The third-order valence-electron chi connectivity index (χ3n) is 1.39. The molecule has 1 aromatic heterocycles. The van der Waals surface area contributed by atoms with Gasteiger partial charge in [-0.3, -0.25) is 4.79 Å². The zero-order valence-electron chi connectivity index (χ0n) is 6.23. The minimum absolute atomic E-state index is 0.153. The van der Waals surface area contributed by atoms with Crippen LogP contribution in [0.15, 0.2) is 21.5 Å². The Labute approximate surface area is 68.1 Å². The molecule has 5 heteroatoms. The Morgan fingerprint density at radius 2 is 2.33 bits per heavy atom. The minimum Gasteiger partial charge on any atom is -0.502 e. The summed E-state index contributed by atoms with van der Waals surface area (Å²) in [7, 11) is 0. The van der Waals surface area contributed by atoms with Gasteiger partial charge >= 0.3 is 0 Å². The first kappa shape index (κ1) is 8.76. The standard InChI is InChI=1S/C7H9NO4/c8-4(2-9)7-1-5(10)6(11)3-12-7/h1,3-4,9,11H,2,8H2. The number of rotatable bonds is 2. The van der Waals surface area contributed by atoms with Gasteiger partial charge in [0, 0.05) is 6.07 Å². The van der Waals surface area contributed by atoms with Gasteiger partial charge in [-0.2, -0.15) is 0 Å². The fourth-order valence-corrected chi connectivity index (χ4v) is 0.704. The Hall–Kier alpha value is -1.33. The zero-order chi connectivity index (χ0) is 9.14. The van der Waals surface area contributed by atoms with E-state index in [0.717, 1.165) is 12.3 Å². The van der Waals surface area contributed by atoms with E-state index in [0.29, 0.717) is 0 Å². The Kier molecular flexibility index (Phi) is 2.47. The first-order chi connectivity index (χ1) is 5.65. The third kappa shape index (κ3) is 1.63. The fourth-order valence-electron chi connectivity index (χ4n) is 0.704. The summed E-state index contributed by atoms with van der Waals surface area (Å²) in [4.78, 5) is 10.8. The summed E-state index contributed by atoms with van der Waals surface area (Å²) in [5.74, 6) is -0.316. The van der Waals surface area contributed by atoms with E-state index in [9.17, 15) is 4.79 Å². The molecule has 0 aliphatic heterocycles. The molecular weight excluding hydrogens is 162 g/mol. The second-order valence-corrected chi connectivity index (χ2v) is 2.32. The Morgan fingerprint density at radius 3 is 2.83 bits per heavy atom. The quantitative estimate of drug-likeness (QED) is 0.548. The van der Waals surface area contributed by atoms with Crippen LogP contribution in [0.25, 0.3) is 0 Å². The normalized spacial score (nSPS) is 12.8. The van der Waals surface area contributed by atoms with E-state index in [1.807, 2.05) is 0 Å². The predicted molar refractivity (Wildman–Crippen MR) is 40.7 cm³/mol. The molecule has 0 aliphatic rings. The van der Waals surface area contributed by atoms with Crippen molar-refractivity contribution in [2.24, 2.45) is 5.73 Å². The lowest BCUT2D eigenvalue weighted by atomic mass is 10.2. The van der Waals surface area contributed by atoms with Crippen LogP contribution in [0, 0.1) is 0 Å². The number of aliphatic hydroxyl groups excluding tert-OH is 1. The molecule has 0 bridgehead atoms. The van der Waals surface area contributed by atoms with Crippen molar-refractivity contribution in [1.29, 1.82) is 0 Å². The fraction of sp³-hybridized carbons (Fsp3) is 0.286. The van der Waals surface area contributed by atoms with Gasteiger partial charge in [0.15, 0.2) is 5.75 Å². The highest BCUT2D eigenvalue weighted by Crippen LogP contribution is 2.09. The summed E-state index contributed by atoms with van der Waals surface area (Å²) in [6.45, 7) is -0.312. The van der Waals surface area contributed by atoms with E-state index in [-0.39, 0.29) is 12.4 Å². The van der Waals surface area contributed by atoms with E-state index in [2.05, 4.69) is 0 Å². The zero-order valence-corrected chi connectivity index (χ0v) is 6.23. The van der Waals surface area contributed by atoms with Crippen LogP contribution < -0.4 is 11.2 Å². The molecule has 1 aromatic rings. The molecule has 0 aliphatic carbocycles. The molecule has 5 nitrogen and oxygen atoms in total. The van der Waals surface area contributed by atoms with Crippen LogP contribution in [0.5, 0.6) is 5.75 Å². The molecule has 0 radical (unpaired) electrons. The molecule has 1 atom stereocenters. The maximum atomic E-state index is 10.8. The number of hydrogen-bond acceptors (Lipinski definition) is 5. The number of aromatic hydroxyl groups is 1. The van der Waals surface area contributed by atoms with Gasteiger partial charge in [-0.05, 0) is 0 Å². The highest BCUT2D eigenvalue weighted by atomic mass is 16.4. The van der Waals surface area contributed by atoms with E-state index in [4.69, 9.17) is 20.4 Å². The molecule has 0 spiro atoms. The molecule has 0 saturated heterocycles. The lowest BCUT2D eigenvalue weighted by molar-refractivity contribution is 0.248. The average molecular weight is 171 g/mol. The first-order valence-electron chi connectivity index (χ1n) is 3.33. The molecule has 0 saturated carbocycles. The van der Waals surface area contributed by atoms with Crippen LogP contribution in [-0.4, -0.2) is 16.8 Å². The highest BCUT2D eigenvalue weighted by Gasteiger charge is 2.08. The van der Waals surface area contributed by atoms with Gasteiger partial charge in [-0.1, -0.05) is 0 Å². The van der Waals surface area contributed by atoms with Crippen molar-refractivity contribution in [3.8, 4) is 5.75 Å². The van der Waals surface area contributed by atoms with Gasteiger partial charge in [0.1, 0.15) is 12.0 Å². The SMILES string of the molecule is NC(CO)c1cc(=O)c(O)co1. The van der Waals surface area contributed by atoms with Crippen molar-refractivity contribution in [1.82, 2.24) is 0 Å². The van der Waals surface area contributed by atoms with Crippen LogP contribution in [0.4, 0.5) is 0 Å². The summed E-state index contributed by atoms with van der Waals surface area (Å²) >= 11 is 0. The Bertz CT molecular complexity index is 319. The van der Waals surface area contributed by atoms with E-state index < -0.39 is 17.2 Å². The topological polar surface area (TPSA) is 96.7 Å². The second-order valence-electron chi connectivity index (χ2n) is 2.32. The number of hydrogen-bond donors (Lipinski definition) is 3. The van der Waals surface area contributed by atoms with Crippen molar-refractivity contribution in [2.75, 3.05) is 6.61 Å². The van der Waals surface area contributed by atoms with Crippen LogP contribution >= 0.6 is 0 Å². The summed E-state index contributed by atoms with van der Waals surface area (Å²) in [6.07, 6.45) is 0.896. The summed E-state index contributed by atoms with van der Waals surface area (Å²) in [5.41, 5.74) is 4.78. The molecule has 1 rings (SSSR count). The lowest BCUT2D eigenvalue weighted by Gasteiger charge is -2.05. The minimum atomic E-state index is -0.724. The molecule has 0 amide bonds. The number of aliphatic hydroxyl groups is 1.